The zero-order valence-corrected chi connectivity index (χ0v) is 12.2. The van der Waals surface area contributed by atoms with Gasteiger partial charge in [0.25, 0.3) is 0 Å². The first-order valence-corrected chi connectivity index (χ1v) is 8.15. The van der Waals surface area contributed by atoms with E-state index in [0.717, 1.165) is 17.2 Å². The van der Waals surface area contributed by atoms with E-state index < -0.39 is 0 Å². The molecule has 20 heavy (non-hydrogen) atoms. The van der Waals surface area contributed by atoms with Crippen LogP contribution in [0.4, 0.5) is 5.00 Å². The van der Waals surface area contributed by atoms with E-state index in [9.17, 15) is 4.79 Å². The van der Waals surface area contributed by atoms with Gasteiger partial charge in [0, 0.05) is 6.54 Å². The highest BCUT2D eigenvalue weighted by molar-refractivity contribution is 7.99. The third kappa shape index (κ3) is 2.47. The fourth-order valence-corrected chi connectivity index (χ4v) is 4.14. The molecule has 3 rings (SSSR count). The third-order valence-electron chi connectivity index (χ3n) is 3.17. The van der Waals surface area contributed by atoms with Gasteiger partial charge in [0.1, 0.15) is 16.8 Å². The number of nitrogens with zero attached hydrogens (tertiary/aromatic N) is 2. The minimum Gasteiger partial charge on any atom is -0.468 e. The molecule has 2 aromatic heterocycles. The lowest BCUT2D eigenvalue weighted by atomic mass is 10.3. The molecule has 0 radical (unpaired) electrons. The molecule has 1 fully saturated rings. The van der Waals surface area contributed by atoms with E-state index in [2.05, 4.69) is 6.07 Å². The van der Waals surface area contributed by atoms with E-state index in [4.69, 9.17) is 9.68 Å². The highest BCUT2D eigenvalue weighted by Crippen LogP contribution is 2.35. The number of rotatable bonds is 4. The van der Waals surface area contributed by atoms with Gasteiger partial charge in [-0.1, -0.05) is 0 Å². The largest absolute Gasteiger partial charge is 0.468 e. The number of thioether (sulfide) groups is 1. The summed E-state index contributed by atoms with van der Waals surface area (Å²) in [6.07, 6.45) is 2.45. The lowest BCUT2D eigenvalue weighted by Gasteiger charge is -2.14. The summed E-state index contributed by atoms with van der Waals surface area (Å²) in [5.41, 5.74) is 0.583. The summed E-state index contributed by atoms with van der Waals surface area (Å²) in [6, 6.07) is 7.66. The van der Waals surface area contributed by atoms with Crippen molar-refractivity contribution < 1.29 is 9.21 Å². The molecule has 1 aliphatic heterocycles. The summed E-state index contributed by atoms with van der Waals surface area (Å²) >= 11 is 3.05. The summed E-state index contributed by atoms with van der Waals surface area (Å²) in [5, 5.41) is 11.6. The van der Waals surface area contributed by atoms with Crippen molar-refractivity contribution in [2.24, 2.45) is 0 Å². The topological polar surface area (TPSA) is 57.2 Å². The van der Waals surface area contributed by atoms with Gasteiger partial charge in [0.2, 0.25) is 5.91 Å². The Morgan fingerprint density at radius 1 is 1.55 bits per heavy atom. The molecule has 1 aliphatic rings. The summed E-state index contributed by atoms with van der Waals surface area (Å²) in [4.78, 5) is 14.1. The lowest BCUT2D eigenvalue weighted by molar-refractivity contribution is -0.116. The molecule has 0 N–H and O–H groups in total. The SMILES string of the molecule is N#Cc1ccsc1N1CCC(SCc2ccco2)C1=O. The van der Waals surface area contributed by atoms with Crippen molar-refractivity contribution in [2.75, 3.05) is 11.4 Å². The van der Waals surface area contributed by atoms with Crippen LogP contribution in [0.15, 0.2) is 34.3 Å². The van der Waals surface area contributed by atoms with E-state index in [1.54, 1.807) is 29.0 Å². The molecule has 1 atom stereocenters. The highest BCUT2D eigenvalue weighted by atomic mass is 32.2. The zero-order valence-electron chi connectivity index (χ0n) is 10.6. The summed E-state index contributed by atoms with van der Waals surface area (Å²) < 4.78 is 5.28. The van der Waals surface area contributed by atoms with Gasteiger partial charge in [-0.2, -0.15) is 5.26 Å². The normalized spacial score (nSPS) is 18.4. The van der Waals surface area contributed by atoms with Crippen LogP contribution in [0.1, 0.15) is 17.7 Å². The Hall–Kier alpha value is -1.71. The first-order chi connectivity index (χ1) is 9.79. The van der Waals surface area contributed by atoms with Crippen molar-refractivity contribution >= 4 is 34.0 Å². The quantitative estimate of drug-likeness (QED) is 0.870. The average Bonchev–Trinajstić information content (AvgIpc) is 3.17. The standard InChI is InChI=1S/C14H12N2O2S2/c15-8-10-4-7-19-14(10)16-5-3-12(13(16)17)20-9-11-2-1-6-18-11/h1-2,4,6-7,12H,3,5,9H2. The number of carbonyl (C=O) groups is 1. The van der Waals surface area contributed by atoms with Gasteiger partial charge < -0.3 is 9.32 Å². The molecule has 1 amide bonds. The van der Waals surface area contributed by atoms with Gasteiger partial charge in [-0.25, -0.2) is 0 Å². The van der Waals surface area contributed by atoms with E-state index in [1.165, 1.54) is 11.3 Å². The second-order valence-corrected chi connectivity index (χ2v) is 6.49. The summed E-state index contributed by atoms with van der Waals surface area (Å²) in [5.74, 6) is 1.68. The summed E-state index contributed by atoms with van der Waals surface area (Å²) in [6.45, 7) is 0.684. The molecule has 102 valence electrons. The highest BCUT2D eigenvalue weighted by Gasteiger charge is 2.34. The number of hydrogen-bond acceptors (Lipinski definition) is 5. The van der Waals surface area contributed by atoms with Crippen LogP contribution in [0.2, 0.25) is 0 Å². The number of amides is 1. The van der Waals surface area contributed by atoms with Crippen LogP contribution in [0, 0.1) is 11.3 Å². The Morgan fingerprint density at radius 3 is 3.20 bits per heavy atom. The van der Waals surface area contributed by atoms with Crippen LogP contribution in [0.5, 0.6) is 0 Å². The predicted octanol–water partition coefficient (Wildman–Crippen LogP) is 3.25. The third-order valence-corrected chi connectivity index (χ3v) is 5.40. The smallest absolute Gasteiger partial charge is 0.240 e. The fraction of sp³-hybridized carbons (Fsp3) is 0.286. The molecule has 3 heterocycles. The number of carbonyl (C=O) groups excluding carboxylic acids is 1. The minimum absolute atomic E-state index is 0.0475. The Morgan fingerprint density at radius 2 is 2.45 bits per heavy atom. The van der Waals surface area contributed by atoms with Crippen LogP contribution < -0.4 is 4.90 Å². The van der Waals surface area contributed by atoms with Gasteiger partial charge in [-0.15, -0.1) is 23.1 Å². The first-order valence-electron chi connectivity index (χ1n) is 6.22. The first kappa shape index (κ1) is 13.3. The van der Waals surface area contributed by atoms with Crippen LogP contribution in [-0.4, -0.2) is 17.7 Å². The van der Waals surface area contributed by atoms with Gasteiger partial charge in [-0.3, -0.25) is 4.79 Å². The van der Waals surface area contributed by atoms with E-state index in [-0.39, 0.29) is 11.2 Å². The number of furan rings is 1. The maximum atomic E-state index is 12.4. The van der Waals surface area contributed by atoms with Crippen LogP contribution in [-0.2, 0) is 10.5 Å². The molecule has 0 saturated carbocycles. The second-order valence-electron chi connectivity index (χ2n) is 4.41. The van der Waals surface area contributed by atoms with E-state index in [1.807, 2.05) is 17.5 Å². The number of anilines is 1. The molecule has 4 nitrogen and oxygen atoms in total. The lowest BCUT2D eigenvalue weighted by Crippen LogP contribution is -2.27. The molecule has 2 aromatic rings. The Kier molecular flexibility index (Phi) is 3.81. The second kappa shape index (κ2) is 5.73. The zero-order chi connectivity index (χ0) is 13.9. The van der Waals surface area contributed by atoms with Crippen molar-refractivity contribution in [1.29, 1.82) is 5.26 Å². The summed E-state index contributed by atoms with van der Waals surface area (Å²) in [7, 11) is 0. The molecule has 0 aromatic carbocycles. The van der Waals surface area contributed by atoms with E-state index in [0.29, 0.717) is 17.9 Å². The van der Waals surface area contributed by atoms with Crippen LogP contribution in [0.3, 0.4) is 0 Å². The molecule has 0 bridgehead atoms. The van der Waals surface area contributed by atoms with Crippen LogP contribution >= 0.6 is 23.1 Å². The van der Waals surface area contributed by atoms with E-state index >= 15 is 0 Å². The maximum Gasteiger partial charge on any atom is 0.240 e. The Bertz CT molecular complexity index is 642. The van der Waals surface area contributed by atoms with Crippen molar-refractivity contribution in [3.05, 3.63) is 41.2 Å². The average molecular weight is 304 g/mol. The molecule has 6 heteroatoms. The molecule has 0 spiro atoms. The molecular weight excluding hydrogens is 292 g/mol. The number of thiophene rings is 1. The van der Waals surface area contributed by atoms with Gasteiger partial charge in [0.15, 0.2) is 0 Å². The van der Waals surface area contributed by atoms with Crippen molar-refractivity contribution in [3.63, 3.8) is 0 Å². The van der Waals surface area contributed by atoms with Crippen LogP contribution in [0.25, 0.3) is 0 Å². The van der Waals surface area contributed by atoms with Crippen molar-refractivity contribution in [3.8, 4) is 6.07 Å². The van der Waals surface area contributed by atoms with Gasteiger partial charge in [-0.05, 0) is 30.0 Å². The number of hydrogen-bond donors (Lipinski definition) is 0. The Balaban J connectivity index is 1.67. The van der Waals surface area contributed by atoms with Gasteiger partial charge in [0.05, 0.1) is 22.8 Å². The van der Waals surface area contributed by atoms with Crippen molar-refractivity contribution in [1.82, 2.24) is 0 Å². The maximum absolute atomic E-state index is 12.4. The number of nitriles is 1. The monoisotopic (exact) mass is 304 g/mol. The molecule has 0 aliphatic carbocycles. The Labute approximate surface area is 125 Å². The fourth-order valence-electron chi connectivity index (χ4n) is 2.18. The molecule has 1 unspecified atom stereocenters. The minimum atomic E-state index is -0.0475. The predicted molar refractivity (Wildman–Crippen MR) is 79.8 cm³/mol. The molecular formula is C14H12N2O2S2. The molecule has 1 saturated heterocycles. The van der Waals surface area contributed by atoms with Gasteiger partial charge >= 0.3 is 0 Å². The van der Waals surface area contributed by atoms with Crippen molar-refractivity contribution in [2.45, 2.75) is 17.4 Å².